The summed E-state index contributed by atoms with van der Waals surface area (Å²) < 4.78 is 36.4. The van der Waals surface area contributed by atoms with Crippen LogP contribution in [0.3, 0.4) is 0 Å². The fraction of sp³-hybridized carbons (Fsp3) is 0.833. The molecule has 0 aliphatic heterocycles. The minimum Gasteiger partial charge on any atom is -0.480 e. The number of rotatable bonds is 7. The molecule has 0 aliphatic carbocycles. The van der Waals surface area contributed by atoms with Crippen molar-refractivity contribution in [1.29, 1.82) is 0 Å². The molecule has 0 fully saturated rings. The zero-order valence-corrected chi connectivity index (χ0v) is 11.3. The van der Waals surface area contributed by atoms with Crippen LogP contribution in [0.25, 0.3) is 0 Å². The van der Waals surface area contributed by atoms with Crippen LogP contribution in [0.4, 0.5) is 13.2 Å². The van der Waals surface area contributed by atoms with Crippen molar-refractivity contribution in [1.82, 2.24) is 5.32 Å². The lowest BCUT2D eigenvalue weighted by atomic mass is 9.95. The van der Waals surface area contributed by atoms with E-state index in [1.807, 2.05) is 19.2 Å². The summed E-state index contributed by atoms with van der Waals surface area (Å²) in [6.07, 6.45) is -5.41. The highest BCUT2D eigenvalue weighted by atomic mass is 19.4. The average molecular weight is 283 g/mol. The number of carbonyl (C=O) groups is 2. The Hall–Kier alpha value is -1.27. The van der Waals surface area contributed by atoms with E-state index in [1.165, 1.54) is 0 Å². The van der Waals surface area contributed by atoms with Crippen LogP contribution in [0.5, 0.6) is 0 Å². The minimum atomic E-state index is -4.63. The van der Waals surface area contributed by atoms with Crippen molar-refractivity contribution in [2.24, 2.45) is 11.8 Å². The number of hydrogen-bond donors (Lipinski definition) is 2. The number of carboxylic acids is 1. The van der Waals surface area contributed by atoms with Gasteiger partial charge >= 0.3 is 12.1 Å². The van der Waals surface area contributed by atoms with Gasteiger partial charge in [-0.2, -0.15) is 13.2 Å². The molecule has 0 saturated carbocycles. The summed E-state index contributed by atoms with van der Waals surface area (Å²) in [6.45, 7) is 5.75. The van der Waals surface area contributed by atoms with Gasteiger partial charge in [-0.25, -0.2) is 4.79 Å². The average Bonchev–Trinajstić information content (AvgIpc) is 2.11. The van der Waals surface area contributed by atoms with E-state index in [0.29, 0.717) is 5.92 Å². The van der Waals surface area contributed by atoms with Gasteiger partial charge < -0.3 is 10.4 Å². The number of alkyl halides is 3. The summed E-state index contributed by atoms with van der Waals surface area (Å²) in [6, 6.07) is -1.92. The molecule has 0 bridgehead atoms. The molecule has 2 unspecified atom stereocenters. The van der Waals surface area contributed by atoms with E-state index < -0.39 is 30.5 Å². The molecule has 0 rings (SSSR count). The Morgan fingerprint density at radius 3 is 2.11 bits per heavy atom. The highest BCUT2D eigenvalue weighted by Gasteiger charge is 2.36. The van der Waals surface area contributed by atoms with Crippen molar-refractivity contribution in [3.63, 3.8) is 0 Å². The molecule has 0 saturated heterocycles. The molecule has 0 heterocycles. The van der Waals surface area contributed by atoms with Gasteiger partial charge in [-0.15, -0.1) is 0 Å². The van der Waals surface area contributed by atoms with Crippen LogP contribution < -0.4 is 5.32 Å². The molecule has 2 N–H and O–H groups in total. The number of nitrogens with one attached hydrogen (secondary N) is 1. The molecule has 0 aliphatic rings. The fourth-order valence-electron chi connectivity index (χ4n) is 1.89. The normalized spacial score (nSPS) is 15.1. The number of halogens is 3. The van der Waals surface area contributed by atoms with Crippen LogP contribution in [0, 0.1) is 11.8 Å². The van der Waals surface area contributed by atoms with Crippen molar-refractivity contribution in [2.75, 3.05) is 0 Å². The van der Waals surface area contributed by atoms with E-state index in [0.717, 1.165) is 6.42 Å². The molecule has 19 heavy (non-hydrogen) atoms. The van der Waals surface area contributed by atoms with Gasteiger partial charge in [0, 0.05) is 6.42 Å². The van der Waals surface area contributed by atoms with Gasteiger partial charge in [-0.3, -0.25) is 4.79 Å². The fourth-order valence-corrected chi connectivity index (χ4v) is 1.89. The third kappa shape index (κ3) is 9.32. The summed E-state index contributed by atoms with van der Waals surface area (Å²) in [7, 11) is 0. The lowest BCUT2D eigenvalue weighted by molar-refractivity contribution is -0.160. The standard InChI is InChI=1S/C12H20F3NO3/c1-7(2)4-8(3)5-10(17)16-9(11(18)19)6-12(13,14)15/h7-9H,4-6H2,1-3H3,(H,16,17)(H,18,19). The van der Waals surface area contributed by atoms with Crippen LogP contribution in [0.1, 0.15) is 40.0 Å². The number of carboxylic acid groups (broad SMARTS) is 1. The van der Waals surface area contributed by atoms with E-state index in [9.17, 15) is 22.8 Å². The Morgan fingerprint density at radius 2 is 1.74 bits per heavy atom. The molecule has 112 valence electrons. The second-order valence-corrected chi connectivity index (χ2v) is 5.22. The first kappa shape index (κ1) is 17.7. The SMILES string of the molecule is CC(C)CC(C)CC(=O)NC(CC(F)(F)F)C(=O)O. The van der Waals surface area contributed by atoms with Crippen LogP contribution in [-0.4, -0.2) is 29.2 Å². The van der Waals surface area contributed by atoms with E-state index in [1.54, 1.807) is 6.92 Å². The maximum Gasteiger partial charge on any atom is 0.391 e. The highest BCUT2D eigenvalue weighted by molar-refractivity contribution is 5.83. The van der Waals surface area contributed by atoms with Gasteiger partial charge in [0.2, 0.25) is 5.91 Å². The van der Waals surface area contributed by atoms with Gasteiger partial charge in [0.25, 0.3) is 0 Å². The monoisotopic (exact) mass is 283 g/mol. The molecule has 4 nitrogen and oxygen atoms in total. The molecule has 0 aromatic heterocycles. The van der Waals surface area contributed by atoms with Crippen molar-refractivity contribution < 1.29 is 27.9 Å². The lowest BCUT2D eigenvalue weighted by Gasteiger charge is -2.18. The van der Waals surface area contributed by atoms with Crippen molar-refractivity contribution in [2.45, 2.75) is 52.3 Å². The van der Waals surface area contributed by atoms with Crippen LogP contribution in [-0.2, 0) is 9.59 Å². The maximum atomic E-state index is 12.1. The van der Waals surface area contributed by atoms with Gasteiger partial charge in [-0.05, 0) is 18.3 Å². The molecule has 0 spiro atoms. The summed E-state index contributed by atoms with van der Waals surface area (Å²) in [5, 5.41) is 10.6. The summed E-state index contributed by atoms with van der Waals surface area (Å²) >= 11 is 0. The van der Waals surface area contributed by atoms with E-state index >= 15 is 0 Å². The molecule has 0 aromatic rings. The maximum absolute atomic E-state index is 12.1. The predicted molar refractivity (Wildman–Crippen MR) is 63.5 cm³/mol. The van der Waals surface area contributed by atoms with Crippen molar-refractivity contribution >= 4 is 11.9 Å². The smallest absolute Gasteiger partial charge is 0.391 e. The zero-order chi connectivity index (χ0) is 15.2. The van der Waals surface area contributed by atoms with Crippen molar-refractivity contribution in [3.05, 3.63) is 0 Å². The Bertz CT molecular complexity index is 316. The highest BCUT2D eigenvalue weighted by Crippen LogP contribution is 2.22. The predicted octanol–water partition coefficient (Wildman–Crippen LogP) is 2.58. The molecule has 0 radical (unpaired) electrons. The van der Waals surface area contributed by atoms with Gasteiger partial charge in [-0.1, -0.05) is 20.8 Å². The van der Waals surface area contributed by atoms with E-state index in [2.05, 4.69) is 0 Å². The summed E-state index contributed by atoms with van der Waals surface area (Å²) in [4.78, 5) is 22.2. The lowest BCUT2D eigenvalue weighted by Crippen LogP contribution is -2.44. The zero-order valence-electron chi connectivity index (χ0n) is 11.3. The quantitative estimate of drug-likeness (QED) is 0.754. The first-order chi connectivity index (χ1) is 8.51. The van der Waals surface area contributed by atoms with Gasteiger partial charge in [0.15, 0.2) is 0 Å². The summed E-state index contributed by atoms with van der Waals surface area (Å²) in [5.41, 5.74) is 0. The number of aliphatic carboxylic acids is 1. The van der Waals surface area contributed by atoms with Gasteiger partial charge in [0.1, 0.15) is 6.04 Å². The molecule has 0 aromatic carbocycles. The molecule has 7 heteroatoms. The molecular formula is C12H20F3NO3. The number of amides is 1. The Kier molecular flexibility index (Phi) is 6.86. The van der Waals surface area contributed by atoms with Crippen molar-refractivity contribution in [3.8, 4) is 0 Å². The third-order valence-electron chi connectivity index (χ3n) is 2.48. The largest absolute Gasteiger partial charge is 0.480 e. The Morgan fingerprint density at radius 1 is 1.21 bits per heavy atom. The first-order valence-electron chi connectivity index (χ1n) is 6.10. The minimum absolute atomic E-state index is 0.000307. The number of carbonyl (C=O) groups excluding carboxylic acids is 1. The van der Waals surface area contributed by atoms with E-state index in [-0.39, 0.29) is 12.3 Å². The van der Waals surface area contributed by atoms with Crippen LogP contribution >= 0.6 is 0 Å². The van der Waals surface area contributed by atoms with Crippen LogP contribution in [0.2, 0.25) is 0 Å². The summed E-state index contributed by atoms with van der Waals surface area (Å²) in [5.74, 6) is -1.97. The van der Waals surface area contributed by atoms with E-state index in [4.69, 9.17) is 5.11 Å². The van der Waals surface area contributed by atoms with Gasteiger partial charge in [0.05, 0.1) is 6.42 Å². The third-order valence-corrected chi connectivity index (χ3v) is 2.48. The molecule has 2 atom stereocenters. The van der Waals surface area contributed by atoms with Crippen LogP contribution in [0.15, 0.2) is 0 Å². The second kappa shape index (κ2) is 7.35. The number of hydrogen-bond acceptors (Lipinski definition) is 2. The Labute approximate surface area is 110 Å². The second-order valence-electron chi connectivity index (χ2n) is 5.22. The molecule has 1 amide bonds. The topological polar surface area (TPSA) is 66.4 Å². The molecular weight excluding hydrogens is 263 g/mol. The first-order valence-corrected chi connectivity index (χ1v) is 6.10. The Balaban J connectivity index is 4.36.